The average molecular weight is 316 g/mol. The fraction of sp³-hybridized carbons (Fsp3) is 0.438. The number of pyridine rings is 1. The highest BCUT2D eigenvalue weighted by Gasteiger charge is 2.19. The van der Waals surface area contributed by atoms with Crippen LogP contribution < -0.4 is 9.80 Å². The van der Waals surface area contributed by atoms with Gasteiger partial charge in [0.15, 0.2) is 0 Å². The van der Waals surface area contributed by atoms with E-state index in [1.54, 1.807) is 18.5 Å². The molecule has 1 fully saturated rings. The zero-order chi connectivity index (χ0) is 16.2. The molecule has 0 spiro atoms. The maximum atomic E-state index is 13.2. The number of nitrogens with zero attached hydrogens (tertiary/aromatic N) is 6. The van der Waals surface area contributed by atoms with E-state index in [0.29, 0.717) is 0 Å². The van der Waals surface area contributed by atoms with Gasteiger partial charge in [0.1, 0.15) is 11.6 Å². The van der Waals surface area contributed by atoms with E-state index in [9.17, 15) is 4.39 Å². The van der Waals surface area contributed by atoms with Gasteiger partial charge in [-0.05, 0) is 17.7 Å². The van der Waals surface area contributed by atoms with Gasteiger partial charge in [-0.2, -0.15) is 4.98 Å². The van der Waals surface area contributed by atoms with Crippen LogP contribution in [0.3, 0.4) is 0 Å². The monoisotopic (exact) mass is 316 g/mol. The molecule has 0 N–H and O–H groups in total. The van der Waals surface area contributed by atoms with Crippen molar-refractivity contribution in [3.63, 3.8) is 0 Å². The van der Waals surface area contributed by atoms with Crippen LogP contribution in [0.25, 0.3) is 0 Å². The van der Waals surface area contributed by atoms with Crippen molar-refractivity contribution >= 4 is 11.8 Å². The van der Waals surface area contributed by atoms with Gasteiger partial charge in [0.2, 0.25) is 5.95 Å². The molecule has 0 atom stereocenters. The van der Waals surface area contributed by atoms with E-state index in [2.05, 4.69) is 24.8 Å². The molecule has 7 heteroatoms. The fourth-order valence-electron chi connectivity index (χ4n) is 2.67. The third kappa shape index (κ3) is 3.92. The summed E-state index contributed by atoms with van der Waals surface area (Å²) < 4.78 is 13.2. The minimum absolute atomic E-state index is 0.279. The lowest BCUT2D eigenvalue weighted by Crippen LogP contribution is -2.46. The summed E-state index contributed by atoms with van der Waals surface area (Å²) in [6.07, 6.45) is 4.75. The molecule has 2 aromatic heterocycles. The number of piperazine rings is 1. The van der Waals surface area contributed by atoms with E-state index in [4.69, 9.17) is 0 Å². The first-order valence-corrected chi connectivity index (χ1v) is 7.69. The van der Waals surface area contributed by atoms with Gasteiger partial charge in [0.25, 0.3) is 0 Å². The maximum Gasteiger partial charge on any atom is 0.226 e. The molecule has 1 aliphatic rings. The lowest BCUT2D eigenvalue weighted by Gasteiger charge is -2.35. The Kier molecular flexibility index (Phi) is 4.66. The van der Waals surface area contributed by atoms with Gasteiger partial charge in [0.05, 0.1) is 6.20 Å². The highest BCUT2D eigenvalue weighted by atomic mass is 19.1. The summed E-state index contributed by atoms with van der Waals surface area (Å²) in [5.74, 6) is 1.39. The lowest BCUT2D eigenvalue weighted by molar-refractivity contribution is 0.248. The van der Waals surface area contributed by atoms with E-state index in [-0.39, 0.29) is 5.82 Å². The van der Waals surface area contributed by atoms with Crippen molar-refractivity contribution < 1.29 is 4.39 Å². The summed E-state index contributed by atoms with van der Waals surface area (Å²) in [6.45, 7) is 4.35. The molecule has 122 valence electrons. The molecular weight excluding hydrogens is 295 g/mol. The second kappa shape index (κ2) is 6.87. The number of aromatic nitrogens is 3. The van der Waals surface area contributed by atoms with E-state index in [1.165, 1.54) is 6.20 Å². The number of hydrogen-bond acceptors (Lipinski definition) is 6. The molecule has 3 rings (SSSR count). The fourth-order valence-corrected chi connectivity index (χ4v) is 2.67. The SMILES string of the molecule is CN(C)c1nccc(N2CCN(Cc3cncc(F)c3)CC2)n1. The molecule has 0 aliphatic carbocycles. The van der Waals surface area contributed by atoms with Gasteiger partial charge in [-0.15, -0.1) is 0 Å². The predicted octanol–water partition coefficient (Wildman–Crippen LogP) is 1.40. The number of halogens is 1. The van der Waals surface area contributed by atoms with E-state index in [1.807, 2.05) is 25.1 Å². The van der Waals surface area contributed by atoms with Crippen LogP contribution in [-0.4, -0.2) is 60.1 Å². The van der Waals surface area contributed by atoms with Crippen LogP contribution in [0.15, 0.2) is 30.7 Å². The Bertz CT molecular complexity index is 655. The van der Waals surface area contributed by atoms with Crippen LogP contribution in [0, 0.1) is 5.82 Å². The smallest absolute Gasteiger partial charge is 0.226 e. The standard InChI is InChI=1S/C16H21FN6/c1-21(2)16-19-4-3-15(20-16)23-7-5-22(6-8-23)12-13-9-14(17)11-18-10-13/h3-4,9-11H,5-8,12H2,1-2H3. The minimum Gasteiger partial charge on any atom is -0.354 e. The minimum atomic E-state index is -0.279. The van der Waals surface area contributed by atoms with Crippen molar-refractivity contribution in [2.75, 3.05) is 50.1 Å². The molecule has 0 amide bonds. The van der Waals surface area contributed by atoms with Gasteiger partial charge < -0.3 is 9.80 Å². The topological polar surface area (TPSA) is 48.4 Å². The first kappa shape index (κ1) is 15.6. The molecule has 0 unspecified atom stereocenters. The van der Waals surface area contributed by atoms with Gasteiger partial charge in [-0.1, -0.05) is 0 Å². The normalized spacial score (nSPS) is 15.7. The molecule has 23 heavy (non-hydrogen) atoms. The first-order valence-electron chi connectivity index (χ1n) is 7.69. The summed E-state index contributed by atoms with van der Waals surface area (Å²) in [5, 5.41) is 0. The van der Waals surface area contributed by atoms with Crippen LogP contribution in [0.5, 0.6) is 0 Å². The Hall–Kier alpha value is -2.28. The number of anilines is 2. The molecule has 1 saturated heterocycles. The third-order valence-electron chi connectivity index (χ3n) is 3.89. The van der Waals surface area contributed by atoms with Gasteiger partial charge in [0, 0.05) is 59.2 Å². The maximum absolute atomic E-state index is 13.2. The summed E-state index contributed by atoms with van der Waals surface area (Å²) in [6, 6.07) is 3.49. The molecular formula is C16H21FN6. The molecule has 0 radical (unpaired) electrons. The van der Waals surface area contributed by atoms with E-state index < -0.39 is 0 Å². The predicted molar refractivity (Wildman–Crippen MR) is 88.0 cm³/mol. The zero-order valence-corrected chi connectivity index (χ0v) is 13.5. The average Bonchev–Trinajstić information content (AvgIpc) is 2.56. The van der Waals surface area contributed by atoms with Crippen molar-refractivity contribution in [2.24, 2.45) is 0 Å². The summed E-state index contributed by atoms with van der Waals surface area (Å²) in [4.78, 5) is 19.2. The Balaban J connectivity index is 1.59. The Morgan fingerprint density at radius 3 is 2.65 bits per heavy atom. The van der Waals surface area contributed by atoms with Crippen LogP contribution >= 0.6 is 0 Å². The number of hydrogen-bond donors (Lipinski definition) is 0. The summed E-state index contributed by atoms with van der Waals surface area (Å²) in [7, 11) is 3.87. The highest BCUT2D eigenvalue weighted by Crippen LogP contribution is 2.16. The van der Waals surface area contributed by atoms with Crippen LogP contribution in [0.4, 0.5) is 16.2 Å². The van der Waals surface area contributed by atoms with E-state index in [0.717, 1.165) is 50.1 Å². The molecule has 0 bridgehead atoms. The summed E-state index contributed by atoms with van der Waals surface area (Å²) in [5.41, 5.74) is 0.912. The second-order valence-corrected chi connectivity index (χ2v) is 5.88. The lowest BCUT2D eigenvalue weighted by atomic mass is 10.2. The van der Waals surface area contributed by atoms with Gasteiger partial charge >= 0.3 is 0 Å². The largest absolute Gasteiger partial charge is 0.354 e. The van der Waals surface area contributed by atoms with Crippen LogP contribution in [0.2, 0.25) is 0 Å². The zero-order valence-electron chi connectivity index (χ0n) is 13.5. The van der Waals surface area contributed by atoms with Crippen molar-refractivity contribution in [3.05, 3.63) is 42.1 Å². The van der Waals surface area contributed by atoms with Crippen molar-refractivity contribution in [1.82, 2.24) is 19.9 Å². The van der Waals surface area contributed by atoms with Crippen LogP contribution in [0.1, 0.15) is 5.56 Å². The van der Waals surface area contributed by atoms with Crippen molar-refractivity contribution in [2.45, 2.75) is 6.54 Å². The highest BCUT2D eigenvalue weighted by molar-refractivity contribution is 5.43. The molecule has 0 saturated carbocycles. The van der Waals surface area contributed by atoms with Gasteiger partial charge in [-0.3, -0.25) is 9.88 Å². The van der Waals surface area contributed by atoms with Crippen molar-refractivity contribution in [3.8, 4) is 0 Å². The van der Waals surface area contributed by atoms with E-state index >= 15 is 0 Å². The van der Waals surface area contributed by atoms with Gasteiger partial charge in [-0.25, -0.2) is 9.37 Å². The number of rotatable bonds is 4. The second-order valence-electron chi connectivity index (χ2n) is 5.88. The summed E-state index contributed by atoms with van der Waals surface area (Å²) >= 11 is 0. The molecule has 0 aromatic carbocycles. The molecule has 6 nitrogen and oxygen atoms in total. The van der Waals surface area contributed by atoms with Crippen LogP contribution in [-0.2, 0) is 6.54 Å². The Labute approximate surface area is 135 Å². The Morgan fingerprint density at radius 1 is 1.17 bits per heavy atom. The third-order valence-corrected chi connectivity index (χ3v) is 3.89. The first-order chi connectivity index (χ1) is 11.1. The molecule has 1 aliphatic heterocycles. The van der Waals surface area contributed by atoms with Crippen molar-refractivity contribution in [1.29, 1.82) is 0 Å². The molecule has 3 heterocycles. The quantitative estimate of drug-likeness (QED) is 0.850. The molecule has 2 aromatic rings. The Morgan fingerprint density at radius 2 is 1.96 bits per heavy atom.